The lowest BCUT2D eigenvalue weighted by Gasteiger charge is -1.81. The normalized spacial score (nSPS) is 13.7. The maximum Gasteiger partial charge on any atom is 0.0969 e. The highest BCUT2D eigenvalue weighted by molar-refractivity contribution is 9.11. The molecule has 0 saturated carbocycles. The number of hydrogen-bond donors (Lipinski definition) is 0. The lowest BCUT2D eigenvalue weighted by Crippen LogP contribution is -1.59. The summed E-state index contributed by atoms with van der Waals surface area (Å²) in [6, 6.07) is 0. The van der Waals surface area contributed by atoms with E-state index in [1.807, 2.05) is 0 Å². The van der Waals surface area contributed by atoms with Gasteiger partial charge >= 0.3 is 0 Å². The first kappa shape index (κ1) is 8.63. The van der Waals surface area contributed by atoms with Crippen LogP contribution < -0.4 is 0 Å². The van der Waals surface area contributed by atoms with Gasteiger partial charge in [0.05, 0.1) is 5.83 Å². The van der Waals surface area contributed by atoms with E-state index in [1.54, 1.807) is 12.2 Å². The third-order valence-corrected chi connectivity index (χ3v) is 1.26. The molecule has 0 radical (unpaired) electrons. The van der Waals surface area contributed by atoms with Crippen molar-refractivity contribution in [1.29, 1.82) is 0 Å². The minimum absolute atomic E-state index is 0.214. The minimum Gasteiger partial charge on any atom is -0.212 e. The van der Waals surface area contributed by atoms with Gasteiger partial charge in [-0.25, -0.2) is 4.39 Å². The Bertz CT molecular complexity index is 152. The van der Waals surface area contributed by atoms with Crippen molar-refractivity contribution in [2.45, 2.75) is 6.92 Å². The Hall–Kier alpha value is -0.370. The topological polar surface area (TPSA) is 0 Å². The van der Waals surface area contributed by atoms with Crippen LogP contribution in [0.15, 0.2) is 35.1 Å². The van der Waals surface area contributed by atoms with Crippen LogP contribution >= 0.6 is 15.9 Å². The molecular formula is C7H8BrF. The van der Waals surface area contributed by atoms with Gasteiger partial charge in [0.25, 0.3) is 0 Å². The summed E-state index contributed by atoms with van der Waals surface area (Å²) < 4.78 is 12.7. The van der Waals surface area contributed by atoms with E-state index in [0.717, 1.165) is 4.48 Å². The second-order valence-corrected chi connectivity index (χ2v) is 2.42. The first-order valence-electron chi connectivity index (χ1n) is 2.49. The molecule has 0 unspecified atom stereocenters. The van der Waals surface area contributed by atoms with E-state index >= 15 is 0 Å². The smallest absolute Gasteiger partial charge is 0.0969 e. The van der Waals surface area contributed by atoms with E-state index in [0.29, 0.717) is 0 Å². The van der Waals surface area contributed by atoms with E-state index in [2.05, 4.69) is 22.5 Å². The van der Waals surface area contributed by atoms with Gasteiger partial charge in [-0.2, -0.15) is 0 Å². The first-order chi connectivity index (χ1) is 4.16. The van der Waals surface area contributed by atoms with E-state index in [4.69, 9.17) is 0 Å². The Kier molecular flexibility index (Phi) is 4.32. The summed E-state index contributed by atoms with van der Waals surface area (Å²) in [5.74, 6) is -0.214. The van der Waals surface area contributed by atoms with E-state index in [1.165, 1.54) is 13.0 Å². The summed E-state index contributed by atoms with van der Waals surface area (Å²) in [5.41, 5.74) is 0. The predicted octanol–water partition coefficient (Wildman–Crippen LogP) is 3.32. The van der Waals surface area contributed by atoms with Gasteiger partial charge in [-0.1, -0.05) is 28.6 Å². The van der Waals surface area contributed by atoms with Gasteiger partial charge in [0.1, 0.15) is 0 Å². The Labute approximate surface area is 62.9 Å². The van der Waals surface area contributed by atoms with E-state index < -0.39 is 0 Å². The molecule has 0 aromatic heterocycles. The molecule has 50 valence electrons. The maximum atomic E-state index is 12.0. The van der Waals surface area contributed by atoms with Crippen molar-refractivity contribution in [3.8, 4) is 0 Å². The van der Waals surface area contributed by atoms with Crippen LogP contribution in [0.3, 0.4) is 0 Å². The molecule has 0 amide bonds. The highest BCUT2D eigenvalue weighted by Gasteiger charge is 1.79. The van der Waals surface area contributed by atoms with Crippen molar-refractivity contribution in [3.63, 3.8) is 0 Å². The molecule has 0 bridgehead atoms. The SMILES string of the molecule is C=C/C(Br)=C\C=C(/C)F. The summed E-state index contributed by atoms with van der Waals surface area (Å²) >= 11 is 3.14. The third-order valence-electron chi connectivity index (χ3n) is 0.667. The quantitative estimate of drug-likeness (QED) is 0.587. The van der Waals surface area contributed by atoms with Gasteiger partial charge in [-0.15, -0.1) is 0 Å². The molecular weight excluding hydrogens is 183 g/mol. The molecule has 9 heavy (non-hydrogen) atoms. The molecule has 0 nitrogen and oxygen atoms in total. The zero-order valence-electron chi connectivity index (χ0n) is 5.20. The van der Waals surface area contributed by atoms with Crippen molar-refractivity contribution in [2.24, 2.45) is 0 Å². The van der Waals surface area contributed by atoms with Crippen LogP contribution in [0.2, 0.25) is 0 Å². The molecule has 2 heteroatoms. The lowest BCUT2D eigenvalue weighted by molar-refractivity contribution is 0.640. The fraction of sp³-hybridized carbons (Fsp3) is 0.143. The van der Waals surface area contributed by atoms with Gasteiger partial charge in [0.2, 0.25) is 0 Å². The van der Waals surface area contributed by atoms with Gasteiger partial charge in [0.15, 0.2) is 0 Å². The van der Waals surface area contributed by atoms with Crippen molar-refractivity contribution in [2.75, 3.05) is 0 Å². The third kappa shape index (κ3) is 5.50. The molecule has 0 rings (SSSR count). The van der Waals surface area contributed by atoms with Crippen LogP contribution in [0, 0.1) is 0 Å². The van der Waals surface area contributed by atoms with Crippen LogP contribution in [0.25, 0.3) is 0 Å². The zero-order chi connectivity index (χ0) is 7.28. The van der Waals surface area contributed by atoms with Gasteiger partial charge < -0.3 is 0 Å². The van der Waals surface area contributed by atoms with E-state index in [9.17, 15) is 4.39 Å². The Morgan fingerprint density at radius 2 is 2.11 bits per heavy atom. The number of allylic oxidation sites excluding steroid dienone is 5. The second kappa shape index (κ2) is 4.50. The van der Waals surface area contributed by atoms with Crippen molar-refractivity contribution in [3.05, 3.63) is 35.1 Å². The van der Waals surface area contributed by atoms with Crippen LogP contribution in [0.1, 0.15) is 6.92 Å². The largest absolute Gasteiger partial charge is 0.212 e. The minimum atomic E-state index is -0.214. The fourth-order valence-corrected chi connectivity index (χ4v) is 0.395. The maximum absolute atomic E-state index is 12.0. The van der Waals surface area contributed by atoms with E-state index in [-0.39, 0.29) is 5.83 Å². The fourth-order valence-electron chi connectivity index (χ4n) is 0.262. The summed E-state index contributed by atoms with van der Waals surface area (Å²) in [6.07, 6.45) is 4.56. The van der Waals surface area contributed by atoms with Crippen LogP contribution in [0.4, 0.5) is 4.39 Å². The number of rotatable bonds is 2. The molecule has 0 aliphatic heterocycles. The zero-order valence-corrected chi connectivity index (χ0v) is 6.78. The first-order valence-corrected chi connectivity index (χ1v) is 3.28. The molecule has 0 aliphatic carbocycles. The summed E-state index contributed by atoms with van der Waals surface area (Å²) in [7, 11) is 0. The van der Waals surface area contributed by atoms with Crippen molar-refractivity contribution < 1.29 is 4.39 Å². The second-order valence-electron chi connectivity index (χ2n) is 1.51. The molecule has 0 heterocycles. The molecule has 0 fully saturated rings. The average Bonchev–Trinajstić information content (AvgIpc) is 1.83. The molecule has 0 N–H and O–H groups in total. The summed E-state index contributed by atoms with van der Waals surface area (Å²) in [6.45, 7) is 4.86. The molecule has 0 aromatic carbocycles. The molecule has 0 spiro atoms. The Morgan fingerprint density at radius 3 is 2.44 bits per heavy atom. The number of halogens is 2. The summed E-state index contributed by atoms with van der Waals surface area (Å²) in [4.78, 5) is 0. The van der Waals surface area contributed by atoms with Gasteiger partial charge in [-0.3, -0.25) is 0 Å². The highest BCUT2D eigenvalue weighted by Crippen LogP contribution is 2.06. The lowest BCUT2D eigenvalue weighted by atomic mass is 10.4. The molecule has 0 aromatic rings. The van der Waals surface area contributed by atoms with Crippen molar-refractivity contribution in [1.82, 2.24) is 0 Å². The van der Waals surface area contributed by atoms with Gasteiger partial charge in [-0.05, 0) is 19.1 Å². The molecule has 0 atom stereocenters. The Balaban J connectivity index is 3.98. The predicted molar refractivity (Wildman–Crippen MR) is 42.1 cm³/mol. The summed E-state index contributed by atoms with van der Waals surface area (Å²) in [5, 5.41) is 0. The van der Waals surface area contributed by atoms with Crippen LogP contribution in [0.5, 0.6) is 0 Å². The number of hydrogen-bond acceptors (Lipinski definition) is 0. The average molecular weight is 191 g/mol. The Morgan fingerprint density at radius 1 is 1.56 bits per heavy atom. The van der Waals surface area contributed by atoms with Crippen LogP contribution in [-0.4, -0.2) is 0 Å². The van der Waals surface area contributed by atoms with Crippen molar-refractivity contribution >= 4 is 15.9 Å². The van der Waals surface area contributed by atoms with Gasteiger partial charge in [0, 0.05) is 4.48 Å². The standard InChI is InChI=1S/C7H8BrF/c1-3-7(8)5-4-6(2)9/h3-5H,1H2,2H3/b6-4+,7-5+. The monoisotopic (exact) mass is 190 g/mol. The van der Waals surface area contributed by atoms with Crippen LogP contribution in [-0.2, 0) is 0 Å². The molecule has 0 aliphatic rings. The molecule has 0 saturated heterocycles. The highest BCUT2D eigenvalue weighted by atomic mass is 79.9.